The Morgan fingerprint density at radius 3 is 1.33 bits per heavy atom. The Morgan fingerprint density at radius 1 is 0.333 bits per heavy atom. The maximum atomic E-state index is 4.87. The van der Waals surface area contributed by atoms with Crippen LogP contribution < -0.4 is 0 Å². The highest BCUT2D eigenvalue weighted by Gasteiger charge is 2.18. The van der Waals surface area contributed by atoms with E-state index >= 15 is 0 Å². The van der Waals surface area contributed by atoms with Crippen molar-refractivity contribution in [2.45, 2.75) is 0 Å². The number of rotatable bonds is 1. The molecule has 9 nitrogen and oxygen atoms in total. The van der Waals surface area contributed by atoms with Crippen LogP contribution in [0.4, 0.5) is 0 Å². The molecule has 0 N–H and O–H groups in total. The first kappa shape index (κ1) is 19.0. The summed E-state index contributed by atoms with van der Waals surface area (Å²) in [6, 6.07) is 19.5. The van der Waals surface area contributed by atoms with Gasteiger partial charge in [0, 0.05) is 45.5 Å². The summed E-state index contributed by atoms with van der Waals surface area (Å²) < 4.78 is 0. The first-order valence-electron chi connectivity index (χ1n) is 11.3. The lowest BCUT2D eigenvalue weighted by atomic mass is 10.0. The van der Waals surface area contributed by atoms with E-state index in [4.69, 9.17) is 9.97 Å². The highest BCUT2D eigenvalue weighted by atomic mass is 15.2. The quantitative estimate of drug-likeness (QED) is 0.316. The standard InChI is InChI=1S/C27H13N9/c1-2-7-15-14(6-1)19-16(8-3-11-28-19)22-24(15)33-35-26(31-22)27-32-23-17-9-4-12-29-20(17)21-18(10-5-13-30-21)25(23)34-36-27/h1-13H. The van der Waals surface area contributed by atoms with E-state index in [0.717, 1.165) is 43.5 Å². The topological polar surface area (TPSA) is 116 Å². The van der Waals surface area contributed by atoms with Gasteiger partial charge in [-0.2, -0.15) is 0 Å². The fourth-order valence-electron chi connectivity index (χ4n) is 4.86. The molecule has 0 unspecified atom stereocenters. The predicted molar refractivity (Wildman–Crippen MR) is 137 cm³/mol. The Labute approximate surface area is 201 Å². The second kappa shape index (κ2) is 7.09. The lowest BCUT2D eigenvalue weighted by Gasteiger charge is -2.09. The molecule has 0 amide bonds. The average molecular weight is 463 g/mol. The molecule has 0 aliphatic heterocycles. The first-order chi connectivity index (χ1) is 17.9. The van der Waals surface area contributed by atoms with Crippen molar-refractivity contribution in [2.75, 3.05) is 0 Å². The lowest BCUT2D eigenvalue weighted by Crippen LogP contribution is -2.02. The van der Waals surface area contributed by atoms with Crippen molar-refractivity contribution in [1.82, 2.24) is 45.3 Å². The minimum atomic E-state index is 0.287. The fraction of sp³-hybridized carbons (Fsp3) is 0. The summed E-state index contributed by atoms with van der Waals surface area (Å²) in [4.78, 5) is 23.4. The second-order valence-electron chi connectivity index (χ2n) is 8.41. The maximum absolute atomic E-state index is 4.87. The normalized spacial score (nSPS) is 11.9. The Hall–Kier alpha value is -5.31. The van der Waals surface area contributed by atoms with Crippen LogP contribution in [0.3, 0.4) is 0 Å². The van der Waals surface area contributed by atoms with Gasteiger partial charge in [-0.25, -0.2) is 9.97 Å². The molecule has 8 aromatic rings. The molecular formula is C27H13N9. The van der Waals surface area contributed by atoms with Crippen LogP contribution in [-0.2, 0) is 0 Å². The summed E-state index contributed by atoms with van der Waals surface area (Å²) in [6.07, 6.45) is 5.28. The van der Waals surface area contributed by atoms with Crippen LogP contribution in [0, 0.1) is 0 Å². The van der Waals surface area contributed by atoms with Crippen LogP contribution in [0.15, 0.2) is 79.3 Å². The Kier molecular flexibility index (Phi) is 3.75. The Balaban J connectivity index is 1.45. The van der Waals surface area contributed by atoms with Crippen molar-refractivity contribution >= 4 is 65.5 Å². The van der Waals surface area contributed by atoms with Crippen LogP contribution >= 0.6 is 0 Å². The minimum Gasteiger partial charge on any atom is -0.256 e. The first-order valence-corrected chi connectivity index (χ1v) is 11.3. The van der Waals surface area contributed by atoms with E-state index in [0.29, 0.717) is 27.9 Å². The molecule has 0 fully saturated rings. The number of fused-ring (bicyclic) bond motifs is 12. The van der Waals surface area contributed by atoms with E-state index in [1.54, 1.807) is 18.6 Å². The molecular weight excluding hydrogens is 450 g/mol. The van der Waals surface area contributed by atoms with Gasteiger partial charge in [0.15, 0.2) is 0 Å². The molecule has 0 aliphatic carbocycles. The zero-order chi connectivity index (χ0) is 23.6. The fourth-order valence-corrected chi connectivity index (χ4v) is 4.86. The third kappa shape index (κ3) is 2.56. The summed E-state index contributed by atoms with van der Waals surface area (Å²) in [5.41, 5.74) is 5.09. The average Bonchev–Trinajstić information content (AvgIpc) is 2.97. The number of pyridine rings is 3. The van der Waals surface area contributed by atoms with Crippen molar-refractivity contribution < 1.29 is 0 Å². The molecule has 8 rings (SSSR count). The summed E-state index contributed by atoms with van der Waals surface area (Å²) in [5, 5.41) is 22.4. The molecule has 0 atom stereocenters. The van der Waals surface area contributed by atoms with Crippen molar-refractivity contribution in [3.8, 4) is 11.6 Å². The minimum absolute atomic E-state index is 0.287. The molecule has 3 aromatic carbocycles. The predicted octanol–water partition coefficient (Wildman–Crippen LogP) is 4.83. The Morgan fingerprint density at radius 2 is 0.750 bits per heavy atom. The zero-order valence-corrected chi connectivity index (χ0v) is 18.5. The van der Waals surface area contributed by atoms with Crippen molar-refractivity contribution in [3.63, 3.8) is 0 Å². The van der Waals surface area contributed by atoms with Gasteiger partial charge in [-0.05, 0) is 36.4 Å². The number of aromatic nitrogens is 9. The largest absolute Gasteiger partial charge is 0.256 e. The summed E-state index contributed by atoms with van der Waals surface area (Å²) in [7, 11) is 0. The molecule has 0 radical (unpaired) electrons. The molecule has 0 aliphatic rings. The van der Waals surface area contributed by atoms with Gasteiger partial charge >= 0.3 is 0 Å². The van der Waals surface area contributed by atoms with Crippen LogP contribution in [0.5, 0.6) is 0 Å². The van der Waals surface area contributed by atoms with Crippen LogP contribution in [0.1, 0.15) is 0 Å². The van der Waals surface area contributed by atoms with Crippen molar-refractivity contribution in [2.24, 2.45) is 0 Å². The molecule has 0 bridgehead atoms. The van der Waals surface area contributed by atoms with Gasteiger partial charge in [0.2, 0.25) is 11.6 Å². The van der Waals surface area contributed by atoms with E-state index < -0.39 is 0 Å². The van der Waals surface area contributed by atoms with E-state index in [1.807, 2.05) is 60.7 Å². The van der Waals surface area contributed by atoms with Crippen LogP contribution in [0.2, 0.25) is 0 Å². The van der Waals surface area contributed by atoms with Gasteiger partial charge in [-0.3, -0.25) is 15.0 Å². The van der Waals surface area contributed by atoms with Gasteiger partial charge < -0.3 is 0 Å². The number of hydrogen-bond acceptors (Lipinski definition) is 9. The molecule has 166 valence electrons. The molecule has 5 aromatic heterocycles. The van der Waals surface area contributed by atoms with Crippen LogP contribution in [-0.4, -0.2) is 45.3 Å². The SMILES string of the molecule is c1ccc2c(c1)c1ncccc1c1nc(-c3nnc4c5cccnc5c5ncccc5c4n3)nnc21. The second-order valence-corrected chi connectivity index (χ2v) is 8.41. The monoisotopic (exact) mass is 463 g/mol. The maximum Gasteiger partial charge on any atom is 0.222 e. The molecule has 5 heterocycles. The van der Waals surface area contributed by atoms with E-state index in [2.05, 4.69) is 35.3 Å². The molecule has 0 saturated carbocycles. The van der Waals surface area contributed by atoms with Gasteiger partial charge in [-0.1, -0.05) is 24.3 Å². The van der Waals surface area contributed by atoms with Crippen molar-refractivity contribution in [3.05, 3.63) is 79.3 Å². The third-order valence-corrected chi connectivity index (χ3v) is 6.42. The summed E-state index contributed by atoms with van der Waals surface area (Å²) in [5.74, 6) is 0.580. The molecule has 9 heteroatoms. The summed E-state index contributed by atoms with van der Waals surface area (Å²) >= 11 is 0. The highest BCUT2D eigenvalue weighted by molar-refractivity contribution is 6.22. The van der Waals surface area contributed by atoms with E-state index in [1.165, 1.54) is 0 Å². The Bertz CT molecular complexity index is 1950. The van der Waals surface area contributed by atoms with Gasteiger partial charge in [-0.15, -0.1) is 20.4 Å². The molecule has 36 heavy (non-hydrogen) atoms. The van der Waals surface area contributed by atoms with Gasteiger partial charge in [0.1, 0.15) is 22.1 Å². The van der Waals surface area contributed by atoms with Crippen LogP contribution in [0.25, 0.3) is 77.2 Å². The summed E-state index contributed by atoms with van der Waals surface area (Å²) in [6.45, 7) is 0. The number of hydrogen-bond donors (Lipinski definition) is 0. The zero-order valence-electron chi connectivity index (χ0n) is 18.5. The van der Waals surface area contributed by atoms with Gasteiger partial charge in [0.25, 0.3) is 0 Å². The molecule has 0 spiro atoms. The van der Waals surface area contributed by atoms with E-state index in [-0.39, 0.29) is 5.82 Å². The number of benzene rings is 3. The number of nitrogens with zero attached hydrogens (tertiary/aromatic N) is 9. The van der Waals surface area contributed by atoms with E-state index in [9.17, 15) is 0 Å². The van der Waals surface area contributed by atoms with Crippen molar-refractivity contribution in [1.29, 1.82) is 0 Å². The third-order valence-electron chi connectivity index (χ3n) is 6.42. The van der Waals surface area contributed by atoms with Gasteiger partial charge in [0.05, 0.1) is 16.6 Å². The smallest absolute Gasteiger partial charge is 0.222 e. The lowest BCUT2D eigenvalue weighted by molar-refractivity contribution is 0.966. The molecule has 0 saturated heterocycles. The highest BCUT2D eigenvalue weighted by Crippen LogP contribution is 2.33.